The average Bonchev–Trinajstić information content (AvgIpc) is 3.41. The van der Waals surface area contributed by atoms with Crippen LogP contribution in [0.15, 0.2) is 77.3 Å². The van der Waals surface area contributed by atoms with Gasteiger partial charge in [-0.05, 0) is 23.3 Å². The van der Waals surface area contributed by atoms with Gasteiger partial charge in [0.05, 0.1) is 6.61 Å². The zero-order valence-corrected chi connectivity index (χ0v) is 20.8. The fourth-order valence-corrected chi connectivity index (χ4v) is 4.86. The summed E-state index contributed by atoms with van der Waals surface area (Å²) >= 11 is 6.54. The highest BCUT2D eigenvalue weighted by molar-refractivity contribution is 6.33. The summed E-state index contributed by atoms with van der Waals surface area (Å²) in [7, 11) is 0. The van der Waals surface area contributed by atoms with Crippen molar-refractivity contribution in [2.75, 3.05) is 19.7 Å². The second kappa shape index (κ2) is 10.7. The Hall–Kier alpha value is -3.72. The van der Waals surface area contributed by atoms with E-state index in [1.807, 2.05) is 72.8 Å². The van der Waals surface area contributed by atoms with E-state index in [2.05, 4.69) is 15.0 Å². The smallest absolute Gasteiger partial charge is 0.450 e. The molecule has 1 aromatic heterocycles. The number of aliphatic hydroxyl groups is 1. The van der Waals surface area contributed by atoms with Gasteiger partial charge in [-0.25, -0.2) is 4.79 Å². The molecule has 2 N–H and O–H groups in total. The van der Waals surface area contributed by atoms with E-state index >= 15 is 0 Å². The Balaban J connectivity index is 1.23. The maximum absolute atomic E-state index is 10.9. The molecule has 0 aliphatic carbocycles. The summed E-state index contributed by atoms with van der Waals surface area (Å²) in [4.78, 5) is 17.7. The standard InChI is InChI=1S/C28H26ClN3O5/c29-24-16-22(10-11-23(24)20-4-2-1-3-5-20)26-30-25(31-37-26)21-8-6-19(7-9-21)17-32-14-12-28(18-33,13-15-32)36-27(34)35/h1-11,16,33H,12-15,17-18H2,(H,34,35). The molecule has 2 heterocycles. The lowest BCUT2D eigenvalue weighted by Crippen LogP contribution is -2.49. The first-order valence-electron chi connectivity index (χ1n) is 12.0. The molecule has 0 atom stereocenters. The second-order valence-electron chi connectivity index (χ2n) is 9.17. The predicted molar refractivity (Wildman–Crippen MR) is 139 cm³/mol. The number of nitrogens with zero attached hydrogens (tertiary/aromatic N) is 3. The van der Waals surface area contributed by atoms with Gasteiger partial charge in [0, 0.05) is 54.2 Å². The predicted octanol–water partition coefficient (Wildman–Crippen LogP) is 5.75. The zero-order chi connectivity index (χ0) is 25.8. The maximum Gasteiger partial charge on any atom is 0.506 e. The SMILES string of the molecule is O=C(O)OC1(CO)CCN(Cc2ccc(-c3noc(-c4ccc(-c5ccccc5)c(Cl)c4)n3)cc2)CC1. The van der Waals surface area contributed by atoms with Gasteiger partial charge in [-0.3, -0.25) is 4.90 Å². The van der Waals surface area contributed by atoms with E-state index in [4.69, 9.17) is 26.0 Å². The lowest BCUT2D eigenvalue weighted by atomic mass is 9.91. The minimum Gasteiger partial charge on any atom is -0.450 e. The minimum absolute atomic E-state index is 0.308. The Morgan fingerprint density at radius 3 is 2.35 bits per heavy atom. The third-order valence-electron chi connectivity index (χ3n) is 6.70. The van der Waals surface area contributed by atoms with Crippen molar-refractivity contribution in [1.29, 1.82) is 0 Å². The molecular weight excluding hydrogens is 494 g/mol. The fourth-order valence-electron chi connectivity index (χ4n) is 4.57. The van der Waals surface area contributed by atoms with Crippen LogP contribution >= 0.6 is 11.6 Å². The molecule has 8 nitrogen and oxygen atoms in total. The van der Waals surface area contributed by atoms with Crippen LogP contribution in [0, 0.1) is 0 Å². The van der Waals surface area contributed by atoms with Crippen LogP contribution in [-0.4, -0.2) is 56.7 Å². The van der Waals surface area contributed by atoms with Gasteiger partial charge in [0.1, 0.15) is 5.60 Å². The number of aromatic nitrogens is 2. The highest BCUT2D eigenvalue weighted by Gasteiger charge is 2.37. The summed E-state index contributed by atoms with van der Waals surface area (Å²) in [6.45, 7) is 1.67. The zero-order valence-electron chi connectivity index (χ0n) is 20.0. The van der Waals surface area contributed by atoms with Crippen LogP contribution in [0.4, 0.5) is 4.79 Å². The highest BCUT2D eigenvalue weighted by atomic mass is 35.5. The number of likely N-dealkylation sites (tertiary alicyclic amines) is 1. The Bertz CT molecular complexity index is 1370. The van der Waals surface area contributed by atoms with E-state index in [1.54, 1.807) is 0 Å². The molecule has 0 radical (unpaired) electrons. The van der Waals surface area contributed by atoms with Crippen LogP contribution < -0.4 is 0 Å². The van der Waals surface area contributed by atoms with E-state index in [1.165, 1.54) is 0 Å². The molecule has 190 valence electrons. The molecule has 0 spiro atoms. The number of carbonyl (C=O) groups is 1. The molecule has 1 fully saturated rings. The quantitative estimate of drug-likeness (QED) is 0.297. The average molecular weight is 520 g/mol. The molecule has 1 aliphatic heterocycles. The van der Waals surface area contributed by atoms with E-state index < -0.39 is 11.8 Å². The van der Waals surface area contributed by atoms with Gasteiger partial charge < -0.3 is 19.5 Å². The molecule has 0 amide bonds. The largest absolute Gasteiger partial charge is 0.506 e. The van der Waals surface area contributed by atoms with Gasteiger partial charge in [0.25, 0.3) is 5.89 Å². The van der Waals surface area contributed by atoms with Gasteiger partial charge in [-0.15, -0.1) is 0 Å². The van der Waals surface area contributed by atoms with Crippen molar-refractivity contribution in [2.24, 2.45) is 0 Å². The van der Waals surface area contributed by atoms with Gasteiger partial charge in [-0.1, -0.05) is 77.4 Å². The van der Waals surface area contributed by atoms with Crippen LogP contribution in [0.5, 0.6) is 0 Å². The normalized spacial score (nSPS) is 15.4. The fraction of sp³-hybridized carbons (Fsp3) is 0.250. The van der Waals surface area contributed by atoms with Crippen molar-refractivity contribution < 1.29 is 24.3 Å². The second-order valence-corrected chi connectivity index (χ2v) is 9.57. The number of benzene rings is 3. The van der Waals surface area contributed by atoms with E-state index in [-0.39, 0.29) is 6.61 Å². The van der Waals surface area contributed by atoms with Crippen LogP contribution in [0.3, 0.4) is 0 Å². The number of carboxylic acid groups (broad SMARTS) is 1. The van der Waals surface area contributed by atoms with Crippen molar-refractivity contribution in [1.82, 2.24) is 15.0 Å². The molecule has 4 aromatic rings. The van der Waals surface area contributed by atoms with Crippen molar-refractivity contribution in [3.63, 3.8) is 0 Å². The third kappa shape index (κ3) is 5.67. The van der Waals surface area contributed by atoms with Crippen LogP contribution in [-0.2, 0) is 11.3 Å². The number of rotatable bonds is 7. The van der Waals surface area contributed by atoms with Gasteiger partial charge in [0.15, 0.2) is 0 Å². The first-order valence-corrected chi connectivity index (χ1v) is 12.4. The van der Waals surface area contributed by atoms with Crippen LogP contribution in [0.25, 0.3) is 34.0 Å². The lowest BCUT2D eigenvalue weighted by molar-refractivity contribution is -0.0854. The monoisotopic (exact) mass is 519 g/mol. The number of hydrogen-bond acceptors (Lipinski definition) is 7. The molecule has 0 saturated carbocycles. The summed E-state index contributed by atoms with van der Waals surface area (Å²) < 4.78 is 10.5. The summed E-state index contributed by atoms with van der Waals surface area (Å²) in [6.07, 6.45) is -0.443. The van der Waals surface area contributed by atoms with Gasteiger partial charge >= 0.3 is 6.16 Å². The third-order valence-corrected chi connectivity index (χ3v) is 7.02. The van der Waals surface area contributed by atoms with Crippen molar-refractivity contribution in [3.05, 3.63) is 83.4 Å². The summed E-state index contributed by atoms with van der Waals surface area (Å²) in [6, 6.07) is 23.6. The van der Waals surface area contributed by atoms with Gasteiger partial charge in [-0.2, -0.15) is 4.98 Å². The van der Waals surface area contributed by atoms with Crippen molar-refractivity contribution in [2.45, 2.75) is 25.0 Å². The Morgan fingerprint density at radius 1 is 1.00 bits per heavy atom. The molecule has 1 aliphatic rings. The van der Waals surface area contributed by atoms with Gasteiger partial charge in [0.2, 0.25) is 5.82 Å². The molecule has 9 heteroatoms. The number of aliphatic hydroxyl groups excluding tert-OH is 1. The molecule has 1 saturated heterocycles. The van der Waals surface area contributed by atoms with Crippen LogP contribution in [0.1, 0.15) is 18.4 Å². The maximum atomic E-state index is 10.9. The van der Waals surface area contributed by atoms with Crippen LogP contribution in [0.2, 0.25) is 5.02 Å². The summed E-state index contributed by atoms with van der Waals surface area (Å²) in [5, 5.41) is 23.3. The molecule has 37 heavy (non-hydrogen) atoms. The number of piperidine rings is 1. The van der Waals surface area contributed by atoms with Crippen molar-refractivity contribution >= 4 is 17.8 Å². The van der Waals surface area contributed by atoms with Crippen molar-refractivity contribution in [3.8, 4) is 34.0 Å². The molecule has 5 rings (SSSR count). The molecular formula is C28H26ClN3O5. The Labute approximate surface area is 219 Å². The number of hydrogen-bond donors (Lipinski definition) is 2. The minimum atomic E-state index is -1.35. The first-order chi connectivity index (χ1) is 17.9. The van der Waals surface area contributed by atoms with E-state index in [0.717, 1.165) is 27.8 Å². The summed E-state index contributed by atoms with van der Waals surface area (Å²) in [5.41, 5.74) is 3.65. The Kier molecular flexibility index (Phi) is 7.23. The summed E-state index contributed by atoms with van der Waals surface area (Å²) in [5.74, 6) is 0.881. The lowest BCUT2D eigenvalue weighted by Gasteiger charge is -2.39. The molecule has 0 bridgehead atoms. The number of halogens is 1. The Morgan fingerprint density at radius 2 is 1.70 bits per heavy atom. The first kappa shape index (κ1) is 25.0. The van der Waals surface area contributed by atoms with E-state index in [0.29, 0.717) is 49.2 Å². The number of ether oxygens (including phenoxy) is 1. The topological polar surface area (TPSA) is 109 Å². The molecule has 3 aromatic carbocycles. The highest BCUT2D eigenvalue weighted by Crippen LogP contribution is 2.32. The molecule has 0 unspecified atom stereocenters. The van der Waals surface area contributed by atoms with E-state index in [9.17, 15) is 9.90 Å².